The van der Waals surface area contributed by atoms with Crippen molar-refractivity contribution >= 4 is 27.7 Å². The summed E-state index contributed by atoms with van der Waals surface area (Å²) in [5.74, 6) is 0. The van der Waals surface area contributed by atoms with Crippen LogP contribution in [0.25, 0.3) is 0 Å². The van der Waals surface area contributed by atoms with E-state index >= 15 is 0 Å². The minimum Gasteiger partial charge on any atom is -0.248 e. The average molecular weight is 321 g/mol. The maximum atomic E-state index is 9.21. The number of rotatable bonds is 2. The van der Waals surface area contributed by atoms with Gasteiger partial charge in [-0.2, -0.15) is 10.4 Å². The van der Waals surface area contributed by atoms with Crippen molar-refractivity contribution in [1.82, 2.24) is 15.2 Å². The van der Waals surface area contributed by atoms with Gasteiger partial charge in [-0.1, -0.05) is 0 Å². The van der Waals surface area contributed by atoms with Gasteiger partial charge < -0.3 is 0 Å². The van der Waals surface area contributed by atoms with Crippen LogP contribution in [0.2, 0.25) is 0 Å². The Morgan fingerprint density at radius 2 is 2.06 bits per heavy atom. The molecule has 0 aliphatic carbocycles. The van der Waals surface area contributed by atoms with Crippen LogP contribution in [-0.4, -0.2) is 15.2 Å². The average Bonchev–Trinajstić information content (AvgIpc) is 2.37. The van der Waals surface area contributed by atoms with Crippen molar-refractivity contribution in [3.05, 3.63) is 39.6 Å². The fraction of sp³-hybridized carbons (Fsp3) is 0.167. The lowest BCUT2D eigenvalue weighted by Crippen LogP contribution is -1.99. The monoisotopic (exact) mass is 320 g/mol. The minimum absolute atomic E-state index is 0.560. The van der Waals surface area contributed by atoms with Crippen LogP contribution >= 0.6 is 27.7 Å². The molecular formula is C12H9BrN4S. The molecule has 2 heterocycles. The Hall–Kier alpha value is -1.45. The van der Waals surface area contributed by atoms with Crippen LogP contribution in [0.1, 0.15) is 16.8 Å². The van der Waals surface area contributed by atoms with E-state index in [0.29, 0.717) is 10.6 Å². The Balaban J connectivity index is 2.45. The molecule has 0 N–H and O–H groups in total. The molecule has 0 bridgehead atoms. The molecule has 0 aromatic carbocycles. The lowest BCUT2D eigenvalue weighted by atomic mass is 10.1. The molecule has 90 valence electrons. The van der Waals surface area contributed by atoms with Crippen molar-refractivity contribution in [3.63, 3.8) is 0 Å². The van der Waals surface area contributed by atoms with Gasteiger partial charge in [0.15, 0.2) is 0 Å². The number of nitriles is 1. The first-order valence-electron chi connectivity index (χ1n) is 5.16. The second kappa shape index (κ2) is 5.46. The van der Waals surface area contributed by atoms with Gasteiger partial charge in [0.05, 0.1) is 15.7 Å². The van der Waals surface area contributed by atoms with Crippen LogP contribution in [0.4, 0.5) is 0 Å². The summed E-state index contributed by atoms with van der Waals surface area (Å²) in [6.07, 6.45) is 1.70. The SMILES string of the molecule is Cc1nnc(Sc2ncccc2Br)c(C#N)c1C. The van der Waals surface area contributed by atoms with Crippen LogP contribution in [0, 0.1) is 25.2 Å². The molecule has 18 heavy (non-hydrogen) atoms. The molecule has 2 aromatic heterocycles. The number of nitrogens with zero attached hydrogens (tertiary/aromatic N) is 4. The molecular weight excluding hydrogens is 312 g/mol. The number of halogens is 1. The summed E-state index contributed by atoms with van der Waals surface area (Å²) in [7, 11) is 0. The van der Waals surface area contributed by atoms with E-state index in [1.165, 1.54) is 11.8 Å². The van der Waals surface area contributed by atoms with Gasteiger partial charge in [-0.25, -0.2) is 4.98 Å². The van der Waals surface area contributed by atoms with E-state index in [-0.39, 0.29) is 0 Å². The van der Waals surface area contributed by atoms with Gasteiger partial charge >= 0.3 is 0 Å². The molecule has 0 atom stereocenters. The topological polar surface area (TPSA) is 62.5 Å². The zero-order chi connectivity index (χ0) is 13.1. The fourth-order valence-electron chi connectivity index (χ4n) is 1.33. The molecule has 0 fully saturated rings. The maximum absolute atomic E-state index is 9.21. The summed E-state index contributed by atoms with van der Waals surface area (Å²) < 4.78 is 0.874. The summed E-state index contributed by atoms with van der Waals surface area (Å²) in [4.78, 5) is 4.24. The first-order valence-corrected chi connectivity index (χ1v) is 6.76. The van der Waals surface area contributed by atoms with Crippen molar-refractivity contribution < 1.29 is 0 Å². The van der Waals surface area contributed by atoms with Crippen molar-refractivity contribution in [2.24, 2.45) is 0 Å². The highest BCUT2D eigenvalue weighted by Crippen LogP contribution is 2.32. The summed E-state index contributed by atoms with van der Waals surface area (Å²) in [6, 6.07) is 5.92. The highest BCUT2D eigenvalue weighted by molar-refractivity contribution is 9.10. The van der Waals surface area contributed by atoms with E-state index in [0.717, 1.165) is 20.8 Å². The van der Waals surface area contributed by atoms with Crippen molar-refractivity contribution in [3.8, 4) is 6.07 Å². The number of aryl methyl sites for hydroxylation is 1. The minimum atomic E-state index is 0.560. The lowest BCUT2D eigenvalue weighted by molar-refractivity contribution is 0.869. The number of hydrogen-bond acceptors (Lipinski definition) is 5. The Morgan fingerprint density at radius 1 is 1.28 bits per heavy atom. The Morgan fingerprint density at radius 3 is 2.72 bits per heavy atom. The molecule has 6 heteroatoms. The first-order chi connectivity index (χ1) is 8.63. The number of aromatic nitrogens is 3. The molecule has 0 saturated carbocycles. The predicted octanol–water partition coefficient (Wildman–Crippen LogP) is 3.27. The lowest BCUT2D eigenvalue weighted by Gasteiger charge is -2.06. The molecule has 2 aromatic rings. The second-order valence-corrected chi connectivity index (χ2v) is 5.43. The third-order valence-corrected chi connectivity index (χ3v) is 4.35. The van der Waals surface area contributed by atoms with Gasteiger partial charge in [-0.3, -0.25) is 0 Å². The molecule has 0 saturated heterocycles. The van der Waals surface area contributed by atoms with E-state index in [1.807, 2.05) is 26.0 Å². The zero-order valence-electron chi connectivity index (χ0n) is 9.81. The van der Waals surface area contributed by atoms with Crippen LogP contribution in [0.5, 0.6) is 0 Å². The highest BCUT2D eigenvalue weighted by atomic mass is 79.9. The zero-order valence-corrected chi connectivity index (χ0v) is 12.2. The fourth-order valence-corrected chi connectivity index (χ4v) is 2.67. The number of pyridine rings is 1. The maximum Gasteiger partial charge on any atom is 0.143 e. The van der Waals surface area contributed by atoms with Gasteiger partial charge in [-0.15, -0.1) is 5.10 Å². The molecule has 0 amide bonds. The molecule has 2 rings (SSSR count). The van der Waals surface area contributed by atoms with Crippen LogP contribution in [0.3, 0.4) is 0 Å². The normalized spacial score (nSPS) is 10.1. The highest BCUT2D eigenvalue weighted by Gasteiger charge is 2.13. The van der Waals surface area contributed by atoms with E-state index in [1.54, 1.807) is 6.20 Å². The van der Waals surface area contributed by atoms with E-state index < -0.39 is 0 Å². The van der Waals surface area contributed by atoms with Gasteiger partial charge in [0.1, 0.15) is 16.1 Å². The molecule has 0 radical (unpaired) electrons. The van der Waals surface area contributed by atoms with E-state index in [9.17, 15) is 5.26 Å². The smallest absolute Gasteiger partial charge is 0.143 e. The van der Waals surface area contributed by atoms with Crippen molar-refractivity contribution in [2.45, 2.75) is 23.9 Å². The van der Waals surface area contributed by atoms with Gasteiger partial charge in [-0.05, 0) is 59.2 Å². The number of hydrogen-bond donors (Lipinski definition) is 0. The van der Waals surface area contributed by atoms with Crippen molar-refractivity contribution in [2.75, 3.05) is 0 Å². The summed E-state index contributed by atoms with van der Waals surface area (Å²) in [5, 5.41) is 18.7. The molecule has 0 unspecified atom stereocenters. The molecule has 4 nitrogen and oxygen atoms in total. The third-order valence-electron chi connectivity index (χ3n) is 2.45. The Bertz CT molecular complexity index is 636. The summed E-state index contributed by atoms with van der Waals surface area (Å²) in [5.41, 5.74) is 2.20. The van der Waals surface area contributed by atoms with E-state index in [2.05, 4.69) is 37.2 Å². The predicted molar refractivity (Wildman–Crippen MR) is 72.3 cm³/mol. The summed E-state index contributed by atoms with van der Waals surface area (Å²) in [6.45, 7) is 3.72. The van der Waals surface area contributed by atoms with Crippen molar-refractivity contribution in [1.29, 1.82) is 5.26 Å². The van der Waals surface area contributed by atoms with Gasteiger partial charge in [0, 0.05) is 6.20 Å². The van der Waals surface area contributed by atoms with Crippen LogP contribution < -0.4 is 0 Å². The van der Waals surface area contributed by atoms with Crippen LogP contribution in [0.15, 0.2) is 32.9 Å². The third kappa shape index (κ3) is 2.52. The van der Waals surface area contributed by atoms with Crippen LogP contribution in [-0.2, 0) is 0 Å². The largest absolute Gasteiger partial charge is 0.248 e. The second-order valence-electron chi connectivity index (χ2n) is 3.59. The molecule has 0 aliphatic heterocycles. The quantitative estimate of drug-likeness (QED) is 0.849. The Labute approximate surface area is 118 Å². The first kappa shape index (κ1) is 13.0. The van der Waals surface area contributed by atoms with Gasteiger partial charge in [0.2, 0.25) is 0 Å². The molecule has 0 aliphatic rings. The van der Waals surface area contributed by atoms with E-state index in [4.69, 9.17) is 0 Å². The summed E-state index contributed by atoms with van der Waals surface area (Å²) >= 11 is 4.75. The Kier molecular flexibility index (Phi) is 3.94. The molecule has 0 spiro atoms. The van der Waals surface area contributed by atoms with Gasteiger partial charge in [0.25, 0.3) is 0 Å². The standard InChI is InChI=1S/C12H9BrN4S/c1-7-8(2)16-17-11(9(7)6-14)18-12-10(13)4-3-5-15-12/h3-5H,1-2H3.